The lowest BCUT2D eigenvalue weighted by molar-refractivity contribution is 0.171. The van der Waals surface area contributed by atoms with Gasteiger partial charge in [0.1, 0.15) is 11.6 Å². The van der Waals surface area contributed by atoms with Crippen LogP contribution < -0.4 is 5.32 Å². The van der Waals surface area contributed by atoms with Crippen LogP contribution in [0, 0.1) is 12.7 Å². The van der Waals surface area contributed by atoms with Gasteiger partial charge in [0, 0.05) is 13.1 Å². The van der Waals surface area contributed by atoms with Crippen LogP contribution in [0.1, 0.15) is 30.2 Å². The molecule has 8 heteroatoms. The molecule has 2 aromatic rings. The van der Waals surface area contributed by atoms with E-state index in [1.807, 2.05) is 0 Å². The number of nitrogens with one attached hydrogen (secondary N) is 2. The number of rotatable bonds is 6. The minimum absolute atomic E-state index is 0.164. The largest absolute Gasteiger partial charge is 0.395 e. The molecule has 1 aromatic carbocycles. The van der Waals surface area contributed by atoms with Gasteiger partial charge in [-0.25, -0.2) is 14.2 Å². The van der Waals surface area contributed by atoms with E-state index >= 15 is 0 Å². The fraction of sp³-hybridized carbons (Fsp3) is 0.400. The standard InChI is InChI=1S/C15H20FN5O2/c1-10(14-18-11(2)19-20-14)17-15(23)21(7-8-22)9-12-3-5-13(16)6-4-12/h3-6,10,22H,7-9H2,1-2H3,(H,17,23)(H,18,19,20)/t10-/m1/s1. The number of aliphatic hydroxyl groups excluding tert-OH is 1. The molecule has 2 rings (SSSR count). The first-order chi connectivity index (χ1) is 11.0. The minimum atomic E-state index is -0.373. The molecular weight excluding hydrogens is 301 g/mol. The molecule has 0 aliphatic carbocycles. The zero-order chi connectivity index (χ0) is 16.8. The third-order valence-corrected chi connectivity index (χ3v) is 3.29. The average Bonchev–Trinajstić information content (AvgIpc) is 2.95. The van der Waals surface area contributed by atoms with Gasteiger partial charge < -0.3 is 15.3 Å². The monoisotopic (exact) mass is 321 g/mol. The Kier molecular flexibility index (Phi) is 5.64. The van der Waals surface area contributed by atoms with Crippen molar-refractivity contribution < 1.29 is 14.3 Å². The van der Waals surface area contributed by atoms with Crippen molar-refractivity contribution in [1.29, 1.82) is 0 Å². The van der Waals surface area contributed by atoms with E-state index in [0.717, 1.165) is 5.56 Å². The number of aromatic amines is 1. The van der Waals surface area contributed by atoms with Crippen molar-refractivity contribution in [3.8, 4) is 0 Å². The third kappa shape index (κ3) is 4.75. The fourth-order valence-electron chi connectivity index (χ4n) is 2.08. The molecule has 0 unspecified atom stereocenters. The van der Waals surface area contributed by atoms with Crippen molar-refractivity contribution in [3.63, 3.8) is 0 Å². The molecule has 1 heterocycles. The first kappa shape index (κ1) is 16.9. The lowest BCUT2D eigenvalue weighted by Gasteiger charge is -2.24. The summed E-state index contributed by atoms with van der Waals surface area (Å²) in [6.45, 7) is 3.82. The molecule has 0 saturated carbocycles. The van der Waals surface area contributed by atoms with E-state index in [-0.39, 0.29) is 37.6 Å². The van der Waals surface area contributed by atoms with Crippen molar-refractivity contribution in [2.45, 2.75) is 26.4 Å². The number of carbonyl (C=O) groups excluding carboxylic acids is 1. The zero-order valence-corrected chi connectivity index (χ0v) is 13.1. The molecule has 0 radical (unpaired) electrons. The third-order valence-electron chi connectivity index (χ3n) is 3.29. The molecule has 1 atom stereocenters. The summed E-state index contributed by atoms with van der Waals surface area (Å²) in [7, 11) is 0. The molecule has 124 valence electrons. The number of nitrogens with zero attached hydrogens (tertiary/aromatic N) is 3. The molecular formula is C15H20FN5O2. The maximum absolute atomic E-state index is 12.9. The second kappa shape index (κ2) is 7.68. The molecule has 0 aliphatic rings. The number of aliphatic hydroxyl groups is 1. The van der Waals surface area contributed by atoms with Crippen LogP contribution in [0.2, 0.25) is 0 Å². The Morgan fingerprint density at radius 3 is 2.70 bits per heavy atom. The summed E-state index contributed by atoms with van der Waals surface area (Å²) in [4.78, 5) is 18.0. The lowest BCUT2D eigenvalue weighted by atomic mass is 10.2. The number of aromatic nitrogens is 3. The highest BCUT2D eigenvalue weighted by Gasteiger charge is 2.18. The number of hydrogen-bond acceptors (Lipinski definition) is 4. The van der Waals surface area contributed by atoms with Crippen LogP contribution in [-0.4, -0.2) is 44.4 Å². The van der Waals surface area contributed by atoms with Gasteiger partial charge in [-0.05, 0) is 31.5 Å². The number of H-pyrrole nitrogens is 1. The summed E-state index contributed by atoms with van der Waals surface area (Å²) in [5.41, 5.74) is 0.774. The van der Waals surface area contributed by atoms with Gasteiger partial charge >= 0.3 is 6.03 Å². The van der Waals surface area contributed by atoms with Gasteiger partial charge in [0.2, 0.25) is 0 Å². The maximum Gasteiger partial charge on any atom is 0.318 e. The molecule has 3 N–H and O–H groups in total. The Morgan fingerprint density at radius 1 is 1.43 bits per heavy atom. The van der Waals surface area contributed by atoms with Crippen molar-refractivity contribution in [2.75, 3.05) is 13.2 Å². The molecule has 0 bridgehead atoms. The number of carbonyl (C=O) groups is 1. The molecule has 0 aliphatic heterocycles. The Balaban J connectivity index is 2.01. The van der Waals surface area contributed by atoms with E-state index in [4.69, 9.17) is 5.11 Å². The van der Waals surface area contributed by atoms with Crippen LogP contribution in [0.4, 0.5) is 9.18 Å². The van der Waals surface area contributed by atoms with E-state index in [1.54, 1.807) is 26.0 Å². The molecule has 0 fully saturated rings. The van der Waals surface area contributed by atoms with Gasteiger partial charge in [0.25, 0.3) is 0 Å². The number of amides is 2. The first-order valence-electron chi connectivity index (χ1n) is 7.29. The van der Waals surface area contributed by atoms with E-state index in [1.165, 1.54) is 17.0 Å². The van der Waals surface area contributed by atoms with Gasteiger partial charge in [0.05, 0.1) is 12.6 Å². The van der Waals surface area contributed by atoms with E-state index in [2.05, 4.69) is 20.5 Å². The Labute approximate surface area is 133 Å². The number of urea groups is 1. The number of hydrogen-bond donors (Lipinski definition) is 3. The summed E-state index contributed by atoms with van der Waals surface area (Å²) >= 11 is 0. The predicted molar refractivity (Wildman–Crippen MR) is 82.0 cm³/mol. The van der Waals surface area contributed by atoms with Crippen molar-refractivity contribution in [1.82, 2.24) is 25.4 Å². The molecule has 2 amide bonds. The quantitative estimate of drug-likeness (QED) is 0.752. The average molecular weight is 321 g/mol. The fourth-order valence-corrected chi connectivity index (χ4v) is 2.08. The Hall–Kier alpha value is -2.48. The molecule has 23 heavy (non-hydrogen) atoms. The maximum atomic E-state index is 12.9. The highest BCUT2D eigenvalue weighted by molar-refractivity contribution is 5.74. The van der Waals surface area contributed by atoms with Crippen molar-refractivity contribution >= 4 is 6.03 Å². The van der Waals surface area contributed by atoms with Gasteiger partial charge in [0.15, 0.2) is 5.82 Å². The first-order valence-corrected chi connectivity index (χ1v) is 7.29. The van der Waals surface area contributed by atoms with Crippen LogP contribution in [0.3, 0.4) is 0 Å². The summed E-state index contributed by atoms with van der Waals surface area (Å²) in [6.07, 6.45) is 0. The number of benzene rings is 1. The highest BCUT2D eigenvalue weighted by Crippen LogP contribution is 2.10. The second-order valence-corrected chi connectivity index (χ2v) is 5.22. The molecule has 0 saturated heterocycles. The van der Waals surface area contributed by atoms with Gasteiger partial charge in [-0.1, -0.05) is 12.1 Å². The van der Waals surface area contributed by atoms with Gasteiger partial charge in [-0.2, -0.15) is 5.10 Å². The van der Waals surface area contributed by atoms with Crippen LogP contribution in [0.25, 0.3) is 0 Å². The van der Waals surface area contributed by atoms with Crippen LogP contribution in [0.5, 0.6) is 0 Å². The lowest BCUT2D eigenvalue weighted by Crippen LogP contribution is -2.42. The second-order valence-electron chi connectivity index (χ2n) is 5.22. The Bertz CT molecular complexity index is 644. The molecule has 7 nitrogen and oxygen atoms in total. The van der Waals surface area contributed by atoms with E-state index in [9.17, 15) is 9.18 Å². The number of halogens is 1. The Morgan fingerprint density at radius 2 is 2.13 bits per heavy atom. The van der Waals surface area contributed by atoms with Gasteiger partial charge in [-0.15, -0.1) is 0 Å². The predicted octanol–water partition coefficient (Wildman–Crippen LogP) is 1.52. The molecule has 1 aromatic heterocycles. The van der Waals surface area contributed by atoms with Crippen LogP contribution in [0.15, 0.2) is 24.3 Å². The van der Waals surface area contributed by atoms with Crippen LogP contribution in [-0.2, 0) is 6.54 Å². The minimum Gasteiger partial charge on any atom is -0.395 e. The zero-order valence-electron chi connectivity index (χ0n) is 13.1. The SMILES string of the molecule is Cc1nc([C@@H](C)NC(=O)N(CCO)Cc2ccc(F)cc2)n[nH]1. The van der Waals surface area contributed by atoms with Crippen molar-refractivity contribution in [3.05, 3.63) is 47.3 Å². The summed E-state index contributed by atoms with van der Waals surface area (Å²) in [6, 6.07) is 5.16. The smallest absolute Gasteiger partial charge is 0.318 e. The van der Waals surface area contributed by atoms with E-state index < -0.39 is 0 Å². The van der Waals surface area contributed by atoms with Crippen molar-refractivity contribution in [2.24, 2.45) is 0 Å². The van der Waals surface area contributed by atoms with Crippen LogP contribution >= 0.6 is 0 Å². The summed E-state index contributed by atoms with van der Waals surface area (Å²) < 4.78 is 12.9. The van der Waals surface area contributed by atoms with Gasteiger partial charge in [-0.3, -0.25) is 5.10 Å². The normalized spacial score (nSPS) is 12.0. The highest BCUT2D eigenvalue weighted by atomic mass is 19.1. The van der Waals surface area contributed by atoms with E-state index in [0.29, 0.717) is 11.6 Å². The molecule has 0 spiro atoms. The summed E-state index contributed by atoms with van der Waals surface area (Å²) in [5.74, 6) is 0.821. The number of aryl methyl sites for hydroxylation is 1. The summed E-state index contributed by atoms with van der Waals surface area (Å²) in [5, 5.41) is 18.7. The topological polar surface area (TPSA) is 94.1 Å².